The van der Waals surface area contributed by atoms with Crippen LogP contribution in [-0.2, 0) is 6.54 Å². The SMILES string of the molecule is CCNC1CCC(C)CC1CN(C)Cc1scnc1C. The minimum Gasteiger partial charge on any atom is -0.314 e. The first kappa shape index (κ1) is 15.9. The number of hydrogen-bond acceptors (Lipinski definition) is 4. The highest BCUT2D eigenvalue weighted by molar-refractivity contribution is 7.09. The van der Waals surface area contributed by atoms with Crippen LogP contribution in [0.25, 0.3) is 0 Å². The summed E-state index contributed by atoms with van der Waals surface area (Å²) in [5.74, 6) is 1.67. The Labute approximate surface area is 127 Å². The molecule has 0 aliphatic heterocycles. The van der Waals surface area contributed by atoms with Crippen molar-refractivity contribution < 1.29 is 0 Å². The first-order chi connectivity index (χ1) is 9.60. The molecule has 3 unspecified atom stereocenters. The molecule has 1 aromatic rings. The molecule has 3 atom stereocenters. The Balaban J connectivity index is 1.90. The molecule has 1 saturated carbocycles. The van der Waals surface area contributed by atoms with E-state index in [1.165, 1.54) is 36.4 Å². The maximum Gasteiger partial charge on any atom is 0.0798 e. The lowest BCUT2D eigenvalue weighted by Gasteiger charge is -2.37. The van der Waals surface area contributed by atoms with Crippen molar-refractivity contribution >= 4 is 11.3 Å². The second-order valence-electron chi connectivity index (χ2n) is 6.40. The summed E-state index contributed by atoms with van der Waals surface area (Å²) >= 11 is 1.78. The van der Waals surface area contributed by atoms with Crippen LogP contribution in [0.1, 0.15) is 43.7 Å². The highest BCUT2D eigenvalue weighted by Crippen LogP contribution is 2.30. The molecule has 4 heteroatoms. The molecule has 114 valence electrons. The molecule has 1 aromatic heterocycles. The van der Waals surface area contributed by atoms with E-state index in [2.05, 4.69) is 43.0 Å². The van der Waals surface area contributed by atoms with Crippen LogP contribution in [0.3, 0.4) is 0 Å². The fourth-order valence-corrected chi connectivity index (χ4v) is 4.28. The third kappa shape index (κ3) is 4.27. The van der Waals surface area contributed by atoms with E-state index in [-0.39, 0.29) is 0 Å². The van der Waals surface area contributed by atoms with E-state index in [0.29, 0.717) is 6.04 Å². The van der Waals surface area contributed by atoms with Gasteiger partial charge in [-0.1, -0.05) is 13.8 Å². The Morgan fingerprint density at radius 3 is 2.90 bits per heavy atom. The molecule has 1 N–H and O–H groups in total. The van der Waals surface area contributed by atoms with E-state index in [1.54, 1.807) is 11.3 Å². The summed E-state index contributed by atoms with van der Waals surface area (Å²) < 4.78 is 0. The van der Waals surface area contributed by atoms with Crippen LogP contribution in [-0.4, -0.2) is 36.1 Å². The Hall–Kier alpha value is -0.450. The van der Waals surface area contributed by atoms with Crippen molar-refractivity contribution in [3.05, 3.63) is 16.1 Å². The predicted molar refractivity (Wildman–Crippen MR) is 87.2 cm³/mol. The largest absolute Gasteiger partial charge is 0.314 e. The lowest BCUT2D eigenvalue weighted by molar-refractivity contribution is 0.159. The zero-order valence-electron chi connectivity index (χ0n) is 13.4. The third-order valence-electron chi connectivity index (χ3n) is 4.52. The fourth-order valence-electron chi connectivity index (χ4n) is 3.42. The third-order valence-corrected chi connectivity index (χ3v) is 5.44. The van der Waals surface area contributed by atoms with E-state index in [4.69, 9.17) is 0 Å². The Morgan fingerprint density at radius 1 is 1.45 bits per heavy atom. The summed E-state index contributed by atoms with van der Waals surface area (Å²) in [5, 5.41) is 3.69. The summed E-state index contributed by atoms with van der Waals surface area (Å²) in [6.45, 7) is 10.1. The van der Waals surface area contributed by atoms with Gasteiger partial charge in [0.2, 0.25) is 0 Å². The number of aryl methyl sites for hydroxylation is 1. The topological polar surface area (TPSA) is 28.2 Å². The molecule has 0 radical (unpaired) electrons. The number of hydrogen-bond donors (Lipinski definition) is 1. The normalized spacial score (nSPS) is 27.1. The standard InChI is InChI=1S/C16H29N3S/c1-5-17-15-7-6-12(2)8-14(15)9-19(4)10-16-13(3)18-11-20-16/h11-12,14-15,17H,5-10H2,1-4H3. The first-order valence-corrected chi connectivity index (χ1v) is 8.79. The summed E-state index contributed by atoms with van der Waals surface area (Å²) in [7, 11) is 2.25. The molecule has 3 nitrogen and oxygen atoms in total. The zero-order valence-corrected chi connectivity index (χ0v) is 14.2. The van der Waals surface area contributed by atoms with Gasteiger partial charge < -0.3 is 10.2 Å². The molecule has 1 heterocycles. The number of thiazole rings is 1. The quantitative estimate of drug-likeness (QED) is 0.873. The summed E-state index contributed by atoms with van der Waals surface area (Å²) in [5.41, 5.74) is 3.16. The zero-order chi connectivity index (χ0) is 14.5. The van der Waals surface area contributed by atoms with E-state index in [0.717, 1.165) is 24.9 Å². The molecule has 2 rings (SSSR count). The van der Waals surface area contributed by atoms with E-state index >= 15 is 0 Å². The Morgan fingerprint density at radius 2 is 2.25 bits per heavy atom. The van der Waals surface area contributed by atoms with E-state index < -0.39 is 0 Å². The van der Waals surface area contributed by atoms with Crippen LogP contribution >= 0.6 is 11.3 Å². The number of aromatic nitrogens is 1. The van der Waals surface area contributed by atoms with Crippen molar-refractivity contribution in [2.24, 2.45) is 11.8 Å². The number of rotatable bonds is 6. The lowest BCUT2D eigenvalue weighted by atomic mass is 9.78. The molecule has 0 bridgehead atoms. The highest BCUT2D eigenvalue weighted by Gasteiger charge is 2.28. The maximum atomic E-state index is 4.35. The smallest absolute Gasteiger partial charge is 0.0798 e. The van der Waals surface area contributed by atoms with Crippen molar-refractivity contribution in [1.29, 1.82) is 0 Å². The second kappa shape index (κ2) is 7.53. The highest BCUT2D eigenvalue weighted by atomic mass is 32.1. The Kier molecular flexibility index (Phi) is 6.00. The fraction of sp³-hybridized carbons (Fsp3) is 0.812. The number of nitrogens with one attached hydrogen (secondary N) is 1. The van der Waals surface area contributed by atoms with E-state index in [9.17, 15) is 0 Å². The molecule has 20 heavy (non-hydrogen) atoms. The number of nitrogens with zero attached hydrogens (tertiary/aromatic N) is 2. The first-order valence-electron chi connectivity index (χ1n) is 7.91. The van der Waals surface area contributed by atoms with Crippen molar-refractivity contribution in [3.8, 4) is 0 Å². The van der Waals surface area contributed by atoms with Crippen LogP contribution in [0.5, 0.6) is 0 Å². The molecule has 1 aliphatic carbocycles. The average molecular weight is 295 g/mol. The predicted octanol–water partition coefficient (Wildman–Crippen LogP) is 3.30. The van der Waals surface area contributed by atoms with Crippen molar-refractivity contribution in [2.45, 2.75) is 52.6 Å². The van der Waals surface area contributed by atoms with Crippen LogP contribution in [0, 0.1) is 18.8 Å². The molecule has 0 amide bonds. The van der Waals surface area contributed by atoms with Crippen LogP contribution in [0.4, 0.5) is 0 Å². The van der Waals surface area contributed by atoms with Gasteiger partial charge in [0.15, 0.2) is 0 Å². The van der Waals surface area contributed by atoms with Gasteiger partial charge in [0, 0.05) is 24.0 Å². The minimum absolute atomic E-state index is 0.709. The second-order valence-corrected chi connectivity index (χ2v) is 7.34. The van der Waals surface area contributed by atoms with Gasteiger partial charge in [0.05, 0.1) is 11.2 Å². The van der Waals surface area contributed by atoms with Crippen molar-refractivity contribution in [3.63, 3.8) is 0 Å². The van der Waals surface area contributed by atoms with Crippen molar-refractivity contribution in [1.82, 2.24) is 15.2 Å². The molecule has 1 aliphatic rings. The van der Waals surface area contributed by atoms with Gasteiger partial charge in [-0.15, -0.1) is 11.3 Å². The van der Waals surface area contributed by atoms with E-state index in [1.807, 2.05) is 5.51 Å². The minimum atomic E-state index is 0.709. The van der Waals surface area contributed by atoms with Gasteiger partial charge in [0.1, 0.15) is 0 Å². The molecule has 0 saturated heterocycles. The summed E-state index contributed by atoms with van der Waals surface area (Å²) in [6.07, 6.45) is 4.09. The summed E-state index contributed by atoms with van der Waals surface area (Å²) in [6, 6.07) is 0.709. The molecular weight excluding hydrogens is 266 g/mol. The van der Waals surface area contributed by atoms with Crippen LogP contribution < -0.4 is 5.32 Å². The van der Waals surface area contributed by atoms with Crippen LogP contribution in [0.2, 0.25) is 0 Å². The molecular formula is C16H29N3S. The molecule has 0 aromatic carbocycles. The molecule has 1 fully saturated rings. The molecule has 0 spiro atoms. The summed E-state index contributed by atoms with van der Waals surface area (Å²) in [4.78, 5) is 8.25. The van der Waals surface area contributed by atoms with Gasteiger partial charge in [-0.2, -0.15) is 0 Å². The lowest BCUT2D eigenvalue weighted by Crippen LogP contribution is -2.44. The average Bonchev–Trinajstić information content (AvgIpc) is 2.78. The van der Waals surface area contributed by atoms with Gasteiger partial charge >= 0.3 is 0 Å². The van der Waals surface area contributed by atoms with Crippen molar-refractivity contribution in [2.75, 3.05) is 20.1 Å². The Bertz CT molecular complexity index is 404. The van der Waals surface area contributed by atoms with Gasteiger partial charge in [-0.05, 0) is 51.6 Å². The van der Waals surface area contributed by atoms with Gasteiger partial charge in [0.25, 0.3) is 0 Å². The maximum absolute atomic E-state index is 4.35. The van der Waals surface area contributed by atoms with Crippen LogP contribution in [0.15, 0.2) is 5.51 Å². The van der Waals surface area contributed by atoms with Gasteiger partial charge in [-0.25, -0.2) is 4.98 Å². The monoisotopic (exact) mass is 295 g/mol. The van der Waals surface area contributed by atoms with Gasteiger partial charge in [-0.3, -0.25) is 0 Å².